The number of ether oxygens (including phenoxy) is 1. The molecule has 0 aliphatic carbocycles. The number of nitrogens with two attached hydrogens (primary N) is 2. The fourth-order valence-electron chi connectivity index (χ4n) is 1.65. The van der Waals surface area contributed by atoms with E-state index in [9.17, 15) is 0 Å². The van der Waals surface area contributed by atoms with E-state index in [1.165, 1.54) is 12.8 Å². The monoisotopic (exact) mass is 222 g/mol. The average Bonchev–Trinajstić information content (AvgIpc) is 2.27. The van der Waals surface area contributed by atoms with Crippen molar-refractivity contribution in [3.63, 3.8) is 0 Å². The number of nitrogen functional groups attached to an aromatic ring is 2. The molecule has 1 aromatic rings. The summed E-state index contributed by atoms with van der Waals surface area (Å²) in [6.45, 7) is 4.97. The summed E-state index contributed by atoms with van der Waals surface area (Å²) in [6.07, 6.45) is 3.53. The van der Waals surface area contributed by atoms with Crippen LogP contribution in [-0.4, -0.2) is 6.61 Å². The van der Waals surface area contributed by atoms with Crippen LogP contribution in [-0.2, 0) is 4.74 Å². The minimum Gasteiger partial charge on any atom is -0.399 e. The fraction of sp³-hybridized carbons (Fsp3) is 0.538. The molecule has 0 fully saturated rings. The van der Waals surface area contributed by atoms with E-state index in [1.807, 2.05) is 25.1 Å². The number of unbranched alkanes of at least 4 members (excludes halogenated alkanes) is 2. The number of hydrogen-bond donors (Lipinski definition) is 2. The molecule has 1 atom stereocenters. The molecule has 16 heavy (non-hydrogen) atoms. The van der Waals surface area contributed by atoms with Gasteiger partial charge in [0.1, 0.15) is 0 Å². The first kappa shape index (κ1) is 12.8. The maximum atomic E-state index is 5.89. The minimum atomic E-state index is 0.0142. The van der Waals surface area contributed by atoms with Crippen molar-refractivity contribution >= 4 is 11.4 Å². The van der Waals surface area contributed by atoms with E-state index in [2.05, 4.69) is 6.92 Å². The van der Waals surface area contributed by atoms with Crippen molar-refractivity contribution in [3.8, 4) is 0 Å². The molecule has 4 N–H and O–H groups in total. The van der Waals surface area contributed by atoms with Crippen molar-refractivity contribution in [1.29, 1.82) is 0 Å². The highest BCUT2D eigenvalue weighted by Gasteiger charge is 2.09. The van der Waals surface area contributed by atoms with Crippen LogP contribution in [0.25, 0.3) is 0 Å². The lowest BCUT2D eigenvalue weighted by Gasteiger charge is -2.16. The Bertz CT molecular complexity index is 326. The van der Waals surface area contributed by atoms with Crippen LogP contribution in [0.3, 0.4) is 0 Å². The maximum absolute atomic E-state index is 5.89. The van der Waals surface area contributed by atoms with E-state index in [-0.39, 0.29) is 6.10 Å². The van der Waals surface area contributed by atoms with Gasteiger partial charge in [0.15, 0.2) is 0 Å². The Morgan fingerprint density at radius 2 is 2.00 bits per heavy atom. The second-order valence-corrected chi connectivity index (χ2v) is 4.11. The molecule has 1 rings (SSSR count). The Kier molecular flexibility index (Phi) is 5.12. The maximum Gasteiger partial charge on any atom is 0.0817 e. The second-order valence-electron chi connectivity index (χ2n) is 4.11. The van der Waals surface area contributed by atoms with Crippen LogP contribution in [0.1, 0.15) is 44.8 Å². The summed E-state index contributed by atoms with van der Waals surface area (Å²) in [5, 5.41) is 0. The molecule has 0 amide bonds. The third kappa shape index (κ3) is 3.74. The van der Waals surface area contributed by atoms with E-state index in [1.54, 1.807) is 0 Å². The summed E-state index contributed by atoms with van der Waals surface area (Å²) in [5.41, 5.74) is 14.1. The van der Waals surface area contributed by atoms with Crippen molar-refractivity contribution in [2.24, 2.45) is 0 Å². The van der Waals surface area contributed by atoms with Gasteiger partial charge in [0, 0.05) is 23.5 Å². The molecule has 1 unspecified atom stereocenters. The molecule has 0 aromatic heterocycles. The van der Waals surface area contributed by atoms with Gasteiger partial charge in [-0.2, -0.15) is 0 Å². The number of anilines is 2. The van der Waals surface area contributed by atoms with E-state index >= 15 is 0 Å². The zero-order valence-electron chi connectivity index (χ0n) is 10.2. The quantitative estimate of drug-likeness (QED) is 0.574. The Labute approximate surface area is 97.8 Å². The Morgan fingerprint density at radius 1 is 1.25 bits per heavy atom. The van der Waals surface area contributed by atoms with Crippen LogP contribution in [0.2, 0.25) is 0 Å². The van der Waals surface area contributed by atoms with Crippen molar-refractivity contribution in [1.82, 2.24) is 0 Å². The highest BCUT2D eigenvalue weighted by Crippen LogP contribution is 2.25. The summed E-state index contributed by atoms with van der Waals surface area (Å²) in [4.78, 5) is 0. The predicted molar refractivity (Wildman–Crippen MR) is 69.2 cm³/mol. The van der Waals surface area contributed by atoms with Crippen LogP contribution >= 0.6 is 0 Å². The highest BCUT2D eigenvalue weighted by atomic mass is 16.5. The first-order chi connectivity index (χ1) is 7.65. The van der Waals surface area contributed by atoms with Gasteiger partial charge in [-0.25, -0.2) is 0 Å². The summed E-state index contributed by atoms with van der Waals surface area (Å²) < 4.78 is 5.73. The Hall–Kier alpha value is -1.22. The van der Waals surface area contributed by atoms with Gasteiger partial charge in [-0.3, -0.25) is 0 Å². The van der Waals surface area contributed by atoms with Crippen molar-refractivity contribution in [2.75, 3.05) is 18.1 Å². The summed E-state index contributed by atoms with van der Waals surface area (Å²) in [5.74, 6) is 0. The standard InChI is InChI=1S/C13H22N2O/c1-3-4-5-8-16-10(2)12-9-11(14)6-7-13(12)15/h6-7,9-10H,3-5,8,14-15H2,1-2H3. The lowest BCUT2D eigenvalue weighted by Crippen LogP contribution is -2.05. The van der Waals surface area contributed by atoms with Gasteiger partial charge in [0.05, 0.1) is 6.10 Å². The molecule has 0 bridgehead atoms. The lowest BCUT2D eigenvalue weighted by atomic mass is 10.1. The number of benzene rings is 1. The van der Waals surface area contributed by atoms with Crippen molar-refractivity contribution < 1.29 is 4.74 Å². The van der Waals surface area contributed by atoms with E-state index in [0.29, 0.717) is 0 Å². The molecule has 0 aliphatic rings. The first-order valence-electron chi connectivity index (χ1n) is 5.91. The summed E-state index contributed by atoms with van der Waals surface area (Å²) >= 11 is 0. The summed E-state index contributed by atoms with van der Waals surface area (Å²) in [7, 11) is 0. The molecule has 0 radical (unpaired) electrons. The van der Waals surface area contributed by atoms with Crippen molar-refractivity contribution in [3.05, 3.63) is 23.8 Å². The van der Waals surface area contributed by atoms with E-state index in [4.69, 9.17) is 16.2 Å². The lowest BCUT2D eigenvalue weighted by molar-refractivity contribution is 0.0635. The van der Waals surface area contributed by atoms with Crippen LogP contribution in [0, 0.1) is 0 Å². The van der Waals surface area contributed by atoms with Crippen LogP contribution in [0.15, 0.2) is 18.2 Å². The van der Waals surface area contributed by atoms with Gasteiger partial charge in [0.25, 0.3) is 0 Å². The minimum absolute atomic E-state index is 0.0142. The van der Waals surface area contributed by atoms with Gasteiger partial charge in [0.2, 0.25) is 0 Å². The van der Waals surface area contributed by atoms with Gasteiger partial charge < -0.3 is 16.2 Å². The molecular formula is C13H22N2O. The second kappa shape index (κ2) is 6.38. The topological polar surface area (TPSA) is 61.3 Å². The largest absolute Gasteiger partial charge is 0.399 e. The highest BCUT2D eigenvalue weighted by molar-refractivity contribution is 5.55. The van der Waals surface area contributed by atoms with Crippen LogP contribution in [0.4, 0.5) is 11.4 Å². The molecule has 0 spiro atoms. The Balaban J connectivity index is 2.51. The number of hydrogen-bond acceptors (Lipinski definition) is 3. The third-order valence-electron chi connectivity index (χ3n) is 2.66. The smallest absolute Gasteiger partial charge is 0.0817 e. The molecule has 1 aromatic carbocycles. The molecule has 0 saturated heterocycles. The van der Waals surface area contributed by atoms with E-state index < -0.39 is 0 Å². The van der Waals surface area contributed by atoms with Gasteiger partial charge >= 0.3 is 0 Å². The molecule has 3 nitrogen and oxygen atoms in total. The van der Waals surface area contributed by atoms with E-state index in [0.717, 1.165) is 30.0 Å². The van der Waals surface area contributed by atoms with Crippen molar-refractivity contribution in [2.45, 2.75) is 39.2 Å². The third-order valence-corrected chi connectivity index (χ3v) is 2.66. The fourth-order valence-corrected chi connectivity index (χ4v) is 1.65. The average molecular weight is 222 g/mol. The van der Waals surface area contributed by atoms with Gasteiger partial charge in [-0.15, -0.1) is 0 Å². The van der Waals surface area contributed by atoms with Crippen LogP contribution < -0.4 is 11.5 Å². The zero-order chi connectivity index (χ0) is 12.0. The normalized spacial score (nSPS) is 12.6. The SMILES string of the molecule is CCCCCOC(C)c1cc(N)ccc1N. The molecule has 0 aliphatic heterocycles. The summed E-state index contributed by atoms with van der Waals surface area (Å²) in [6, 6.07) is 5.53. The molecule has 0 saturated carbocycles. The molecule has 0 heterocycles. The van der Waals surface area contributed by atoms with Gasteiger partial charge in [-0.1, -0.05) is 19.8 Å². The zero-order valence-corrected chi connectivity index (χ0v) is 10.2. The number of rotatable bonds is 6. The molecule has 3 heteroatoms. The van der Waals surface area contributed by atoms with Gasteiger partial charge in [-0.05, 0) is 31.5 Å². The predicted octanol–water partition coefficient (Wildman–Crippen LogP) is 3.12. The molecule has 90 valence electrons. The Morgan fingerprint density at radius 3 is 2.69 bits per heavy atom. The van der Waals surface area contributed by atoms with Crippen LogP contribution in [0.5, 0.6) is 0 Å². The first-order valence-corrected chi connectivity index (χ1v) is 5.91. The molecular weight excluding hydrogens is 200 g/mol.